The summed E-state index contributed by atoms with van der Waals surface area (Å²) < 4.78 is 13.5. The molecule has 16 heavy (non-hydrogen) atoms. The van der Waals surface area contributed by atoms with Crippen LogP contribution >= 0.6 is 22.6 Å². The van der Waals surface area contributed by atoms with Crippen LogP contribution in [0.5, 0.6) is 0 Å². The van der Waals surface area contributed by atoms with Gasteiger partial charge in [-0.05, 0) is 6.92 Å². The zero-order valence-electron chi connectivity index (χ0n) is 9.54. The van der Waals surface area contributed by atoms with Gasteiger partial charge in [0.05, 0.1) is 13.0 Å². The fraction of sp³-hybridized carbons (Fsp3) is 0.800. The number of ether oxygens (including phenoxy) is 2. The molecule has 0 aromatic heterocycles. The normalized spacial score (nSPS) is 19.1. The van der Waals surface area contributed by atoms with E-state index < -0.39 is 0 Å². The van der Waals surface area contributed by atoms with Gasteiger partial charge in [-0.15, -0.1) is 0 Å². The number of nitrogens with zero attached hydrogens (tertiary/aromatic N) is 1. The van der Waals surface area contributed by atoms with Crippen LogP contribution in [0.4, 0.5) is 0 Å². The van der Waals surface area contributed by atoms with E-state index in [2.05, 4.69) is 22.6 Å². The summed E-state index contributed by atoms with van der Waals surface area (Å²) in [5.41, 5.74) is 0. The average Bonchev–Trinajstić information content (AvgIpc) is 2.60. The molecule has 94 valence electrons. The number of rotatable bonds is 5. The van der Waals surface area contributed by atoms with Gasteiger partial charge in [0.2, 0.25) is 6.54 Å². The lowest BCUT2D eigenvalue weighted by atomic mass is 10.4. The van der Waals surface area contributed by atoms with Crippen LogP contribution < -0.4 is 24.0 Å². The topological polar surface area (TPSA) is 38.5 Å². The molecule has 1 rings (SSSR count). The fourth-order valence-corrected chi connectivity index (χ4v) is 2.01. The van der Waals surface area contributed by atoms with E-state index in [-0.39, 0.29) is 36.0 Å². The lowest BCUT2D eigenvalue weighted by Gasteiger charge is -1.99. The van der Waals surface area contributed by atoms with Crippen LogP contribution in [0.3, 0.4) is 0 Å². The van der Waals surface area contributed by atoms with Gasteiger partial charge in [0.15, 0.2) is 12.6 Å². The van der Waals surface area contributed by atoms with Crippen molar-refractivity contribution in [3.63, 3.8) is 0 Å². The maximum absolute atomic E-state index is 11.3. The van der Waals surface area contributed by atoms with Crippen molar-refractivity contribution >= 4 is 34.5 Å². The summed E-state index contributed by atoms with van der Waals surface area (Å²) in [6.07, 6.45) is 1.04. The summed E-state index contributed by atoms with van der Waals surface area (Å²) in [7, 11) is 0. The standard InChI is InChI=1S/C10H17INO3.HI/c1-3-9-12(6-8(5-11)15-9)7-10(13)14-4-2;/h8H,3-7H2,1-2H3;1H/q+1;/p-1. The first-order chi connectivity index (χ1) is 7.21. The number of alkyl halides is 1. The number of hydrogen-bond donors (Lipinski definition) is 0. The Labute approximate surface area is 127 Å². The van der Waals surface area contributed by atoms with Gasteiger partial charge in [0, 0.05) is 4.43 Å². The zero-order valence-corrected chi connectivity index (χ0v) is 13.9. The van der Waals surface area contributed by atoms with Crippen molar-refractivity contribution in [2.75, 3.05) is 24.1 Å². The molecule has 0 amide bonds. The van der Waals surface area contributed by atoms with Crippen LogP contribution in [0.15, 0.2) is 0 Å². The van der Waals surface area contributed by atoms with E-state index in [0.29, 0.717) is 13.2 Å². The molecule has 0 aliphatic carbocycles. The lowest BCUT2D eigenvalue weighted by Crippen LogP contribution is -3.00. The van der Waals surface area contributed by atoms with Crippen LogP contribution in [-0.4, -0.2) is 46.7 Å². The average molecular weight is 453 g/mol. The molecule has 0 spiro atoms. The highest BCUT2D eigenvalue weighted by atomic mass is 127. The molecule has 0 aromatic rings. The first-order valence-electron chi connectivity index (χ1n) is 5.20. The maximum Gasteiger partial charge on any atom is 0.372 e. The number of carbonyl (C=O) groups is 1. The summed E-state index contributed by atoms with van der Waals surface area (Å²) in [6, 6.07) is 0. The lowest BCUT2D eigenvalue weighted by molar-refractivity contribution is -0.512. The Morgan fingerprint density at radius 2 is 2.31 bits per heavy atom. The molecule has 0 aromatic carbocycles. The smallest absolute Gasteiger partial charge is 0.372 e. The summed E-state index contributed by atoms with van der Waals surface area (Å²) in [5, 5.41) is 0. The quantitative estimate of drug-likeness (QED) is 0.214. The predicted octanol–water partition coefficient (Wildman–Crippen LogP) is -1.79. The minimum absolute atomic E-state index is 0. The Balaban J connectivity index is 0.00000225. The predicted molar refractivity (Wildman–Crippen MR) is 65.7 cm³/mol. The van der Waals surface area contributed by atoms with Crippen molar-refractivity contribution in [1.29, 1.82) is 0 Å². The molecule has 0 N–H and O–H groups in total. The van der Waals surface area contributed by atoms with Crippen molar-refractivity contribution in [3.8, 4) is 0 Å². The zero-order chi connectivity index (χ0) is 11.3. The molecule has 6 heteroatoms. The molecule has 0 saturated carbocycles. The Morgan fingerprint density at radius 3 is 2.81 bits per heavy atom. The molecular formula is C10H17I2NO3. The Morgan fingerprint density at radius 1 is 1.62 bits per heavy atom. The maximum atomic E-state index is 11.3. The van der Waals surface area contributed by atoms with Gasteiger partial charge in [-0.2, -0.15) is 4.58 Å². The van der Waals surface area contributed by atoms with E-state index >= 15 is 0 Å². The van der Waals surface area contributed by atoms with Crippen molar-refractivity contribution in [3.05, 3.63) is 0 Å². The van der Waals surface area contributed by atoms with E-state index in [9.17, 15) is 4.79 Å². The molecular weight excluding hydrogens is 436 g/mol. The summed E-state index contributed by atoms with van der Waals surface area (Å²) in [5.74, 6) is 0.728. The van der Waals surface area contributed by atoms with Crippen molar-refractivity contribution in [2.45, 2.75) is 26.4 Å². The summed E-state index contributed by atoms with van der Waals surface area (Å²) in [6.45, 7) is 5.39. The van der Waals surface area contributed by atoms with Crippen LogP contribution in [0.25, 0.3) is 0 Å². The molecule has 0 fully saturated rings. The third kappa shape index (κ3) is 4.72. The molecule has 0 radical (unpaired) electrons. The Kier molecular flexibility index (Phi) is 8.70. The molecule has 1 aliphatic rings. The van der Waals surface area contributed by atoms with Crippen LogP contribution in [-0.2, 0) is 14.3 Å². The second kappa shape index (κ2) is 8.48. The van der Waals surface area contributed by atoms with Gasteiger partial charge < -0.3 is 33.5 Å². The molecule has 0 bridgehead atoms. The second-order valence-corrected chi connectivity index (χ2v) is 4.21. The second-order valence-electron chi connectivity index (χ2n) is 3.33. The van der Waals surface area contributed by atoms with Crippen LogP contribution in [0.2, 0.25) is 0 Å². The third-order valence-electron chi connectivity index (χ3n) is 2.18. The minimum Gasteiger partial charge on any atom is -1.00 e. The van der Waals surface area contributed by atoms with Crippen molar-refractivity contribution in [1.82, 2.24) is 0 Å². The van der Waals surface area contributed by atoms with Gasteiger partial charge in [-0.25, -0.2) is 4.79 Å². The van der Waals surface area contributed by atoms with Gasteiger partial charge in [-0.1, -0.05) is 29.5 Å². The van der Waals surface area contributed by atoms with E-state index in [1.54, 1.807) is 0 Å². The highest BCUT2D eigenvalue weighted by Gasteiger charge is 2.32. The molecule has 1 atom stereocenters. The SMILES string of the molecule is CCOC(=O)C[N+]1=C(CC)OC(CI)C1.[I-]. The van der Waals surface area contributed by atoms with Gasteiger partial charge >= 0.3 is 11.9 Å². The van der Waals surface area contributed by atoms with E-state index in [1.807, 2.05) is 18.4 Å². The van der Waals surface area contributed by atoms with Gasteiger partial charge in [0.25, 0.3) is 0 Å². The van der Waals surface area contributed by atoms with Crippen LogP contribution in [0.1, 0.15) is 20.3 Å². The molecule has 0 saturated heterocycles. The third-order valence-corrected chi connectivity index (χ3v) is 3.16. The van der Waals surface area contributed by atoms with E-state index in [1.165, 1.54) is 0 Å². The summed E-state index contributed by atoms with van der Waals surface area (Å²) in [4.78, 5) is 11.3. The number of esters is 1. The molecule has 4 nitrogen and oxygen atoms in total. The fourth-order valence-electron chi connectivity index (χ4n) is 1.55. The first-order valence-corrected chi connectivity index (χ1v) is 6.72. The number of hydrogen-bond acceptors (Lipinski definition) is 3. The van der Waals surface area contributed by atoms with Gasteiger partial charge in [-0.3, -0.25) is 0 Å². The van der Waals surface area contributed by atoms with E-state index in [4.69, 9.17) is 9.47 Å². The van der Waals surface area contributed by atoms with Crippen molar-refractivity contribution in [2.24, 2.45) is 0 Å². The largest absolute Gasteiger partial charge is 1.00 e. The molecule has 1 aliphatic heterocycles. The van der Waals surface area contributed by atoms with Gasteiger partial charge in [0.1, 0.15) is 0 Å². The highest BCUT2D eigenvalue weighted by molar-refractivity contribution is 14.1. The Bertz CT molecular complexity index is 269. The van der Waals surface area contributed by atoms with E-state index in [0.717, 1.165) is 23.3 Å². The first kappa shape index (κ1) is 16.4. The monoisotopic (exact) mass is 453 g/mol. The Hall–Kier alpha value is 0.400. The summed E-state index contributed by atoms with van der Waals surface area (Å²) >= 11 is 2.30. The highest BCUT2D eigenvalue weighted by Crippen LogP contribution is 2.09. The van der Waals surface area contributed by atoms with Crippen molar-refractivity contribution < 1.29 is 42.8 Å². The number of halogens is 2. The number of carbonyl (C=O) groups excluding carboxylic acids is 1. The van der Waals surface area contributed by atoms with Crippen LogP contribution in [0, 0.1) is 0 Å². The molecule has 1 heterocycles. The minimum atomic E-state index is -0.179. The molecule has 1 unspecified atom stereocenters.